The Labute approximate surface area is 189 Å². The molecule has 3 aromatic rings. The van der Waals surface area contributed by atoms with Crippen LogP contribution in [0.2, 0.25) is 0 Å². The Balaban J connectivity index is 1.47. The lowest BCUT2D eigenvalue weighted by Crippen LogP contribution is -2.46. The average molecular weight is 457 g/mol. The van der Waals surface area contributed by atoms with Crippen LogP contribution in [-0.2, 0) is 22.3 Å². The molecule has 32 heavy (non-hydrogen) atoms. The number of nitrogens with zero attached hydrogens (tertiary/aromatic N) is 6. The van der Waals surface area contributed by atoms with Gasteiger partial charge < -0.3 is 19.1 Å². The molecule has 2 fully saturated rings. The van der Waals surface area contributed by atoms with Gasteiger partial charge in [0, 0.05) is 70.0 Å². The lowest BCUT2D eigenvalue weighted by atomic mass is 10.1. The second-order valence-corrected chi connectivity index (χ2v) is 9.56. The van der Waals surface area contributed by atoms with Gasteiger partial charge in [-0.15, -0.1) is 0 Å². The minimum atomic E-state index is -0.909. The van der Waals surface area contributed by atoms with Crippen molar-refractivity contribution >= 4 is 22.5 Å². The van der Waals surface area contributed by atoms with Crippen LogP contribution in [0, 0.1) is 0 Å². The molecule has 0 amide bonds. The number of phenols is 1. The third-order valence-electron chi connectivity index (χ3n) is 6.00. The van der Waals surface area contributed by atoms with Crippen LogP contribution in [0.1, 0.15) is 5.69 Å². The van der Waals surface area contributed by atoms with Crippen molar-refractivity contribution in [2.75, 3.05) is 63.6 Å². The molecule has 0 bridgehead atoms. The van der Waals surface area contributed by atoms with Crippen LogP contribution >= 0.6 is 0 Å². The number of aromatic hydroxyl groups is 1. The molecule has 2 saturated heterocycles. The highest BCUT2D eigenvalue weighted by molar-refractivity contribution is 7.81. The van der Waals surface area contributed by atoms with Crippen molar-refractivity contribution in [3.63, 3.8) is 0 Å². The fraction of sp³-hybridized carbons (Fsp3) is 0.455. The summed E-state index contributed by atoms with van der Waals surface area (Å²) >= 11 is 0. The van der Waals surface area contributed by atoms with Crippen molar-refractivity contribution in [2.24, 2.45) is 0 Å². The van der Waals surface area contributed by atoms with Crippen molar-refractivity contribution < 1.29 is 14.1 Å². The van der Waals surface area contributed by atoms with Gasteiger partial charge in [-0.1, -0.05) is 12.1 Å². The summed E-state index contributed by atoms with van der Waals surface area (Å²) in [5, 5.41) is 9.94. The molecule has 1 aromatic carbocycles. The predicted molar refractivity (Wildman–Crippen MR) is 124 cm³/mol. The second-order valence-electron chi connectivity index (χ2n) is 8.19. The maximum atomic E-state index is 11.7. The molecular formula is C22H28N6O3S. The van der Waals surface area contributed by atoms with E-state index >= 15 is 0 Å². The van der Waals surface area contributed by atoms with Crippen LogP contribution in [0.25, 0.3) is 16.9 Å². The minimum Gasteiger partial charge on any atom is -0.508 e. The first-order valence-electron chi connectivity index (χ1n) is 10.9. The molecule has 2 aliphatic rings. The van der Waals surface area contributed by atoms with Gasteiger partial charge in [-0.25, -0.2) is 18.5 Å². The van der Waals surface area contributed by atoms with Crippen molar-refractivity contribution in [3.05, 3.63) is 42.4 Å². The lowest BCUT2D eigenvalue weighted by Gasteiger charge is -2.32. The maximum absolute atomic E-state index is 11.7. The first-order valence-corrected chi connectivity index (χ1v) is 12.4. The van der Waals surface area contributed by atoms with Gasteiger partial charge in [0.1, 0.15) is 5.75 Å². The predicted octanol–water partition coefficient (Wildman–Crippen LogP) is 1.35. The van der Waals surface area contributed by atoms with Crippen LogP contribution in [0.4, 0.5) is 5.82 Å². The number of anilines is 1. The van der Waals surface area contributed by atoms with Gasteiger partial charge in [0.05, 0.1) is 35.6 Å². The Morgan fingerprint density at radius 3 is 2.56 bits per heavy atom. The monoisotopic (exact) mass is 456 g/mol. The third kappa shape index (κ3) is 4.49. The van der Waals surface area contributed by atoms with E-state index in [1.54, 1.807) is 18.4 Å². The number of fused-ring (bicyclic) bond motifs is 1. The number of hydrogen-bond donors (Lipinski definition) is 1. The highest BCUT2D eigenvalue weighted by Crippen LogP contribution is 2.28. The molecule has 10 heteroatoms. The zero-order valence-corrected chi connectivity index (χ0v) is 19.0. The van der Waals surface area contributed by atoms with Crippen LogP contribution in [0.15, 0.2) is 36.7 Å². The van der Waals surface area contributed by atoms with Crippen LogP contribution in [0.5, 0.6) is 5.75 Å². The number of hydrogen-bond acceptors (Lipinski definition) is 7. The summed E-state index contributed by atoms with van der Waals surface area (Å²) in [5.74, 6) is 1.06. The van der Waals surface area contributed by atoms with Gasteiger partial charge in [-0.3, -0.25) is 4.90 Å². The van der Waals surface area contributed by atoms with Crippen LogP contribution in [-0.4, -0.2) is 91.6 Å². The molecule has 2 aliphatic heterocycles. The summed E-state index contributed by atoms with van der Waals surface area (Å²) in [6, 6.07) is 7.17. The molecule has 170 valence electrons. The van der Waals surface area contributed by atoms with E-state index in [9.17, 15) is 9.32 Å². The Hall–Kier alpha value is -2.53. The van der Waals surface area contributed by atoms with E-state index in [0.29, 0.717) is 13.2 Å². The van der Waals surface area contributed by atoms with Crippen molar-refractivity contribution in [1.29, 1.82) is 0 Å². The Morgan fingerprint density at radius 1 is 1.06 bits per heavy atom. The molecule has 2 aromatic heterocycles. The molecule has 0 radical (unpaired) electrons. The molecule has 5 rings (SSSR count). The number of morpholine rings is 1. The smallest absolute Gasteiger partial charge is 0.180 e. The zero-order chi connectivity index (χ0) is 22.1. The summed E-state index contributed by atoms with van der Waals surface area (Å²) in [4.78, 5) is 14.5. The van der Waals surface area contributed by atoms with E-state index < -0.39 is 11.0 Å². The van der Waals surface area contributed by atoms with E-state index in [1.165, 1.54) is 0 Å². The summed E-state index contributed by atoms with van der Waals surface area (Å²) in [6.45, 7) is 6.97. The quantitative estimate of drug-likeness (QED) is 0.620. The summed E-state index contributed by atoms with van der Waals surface area (Å²) < 4.78 is 21.3. The largest absolute Gasteiger partial charge is 0.508 e. The van der Waals surface area contributed by atoms with Gasteiger partial charge in [0.25, 0.3) is 0 Å². The molecule has 0 spiro atoms. The number of ether oxygens (including phenoxy) is 1. The second kappa shape index (κ2) is 9.14. The molecule has 4 heterocycles. The highest BCUT2D eigenvalue weighted by Gasteiger charge is 2.22. The Kier molecular flexibility index (Phi) is 6.09. The van der Waals surface area contributed by atoms with Gasteiger partial charge in [-0.2, -0.15) is 0 Å². The lowest BCUT2D eigenvalue weighted by molar-refractivity contribution is 0.122. The average Bonchev–Trinajstić information content (AvgIpc) is 3.21. The zero-order valence-electron chi connectivity index (χ0n) is 18.2. The molecule has 1 unspecified atom stereocenters. The summed E-state index contributed by atoms with van der Waals surface area (Å²) in [5.41, 5.74) is 3.47. The van der Waals surface area contributed by atoms with Crippen LogP contribution < -0.4 is 4.90 Å². The molecule has 9 nitrogen and oxygen atoms in total. The van der Waals surface area contributed by atoms with E-state index in [-0.39, 0.29) is 5.75 Å². The fourth-order valence-electron chi connectivity index (χ4n) is 4.27. The fourth-order valence-corrected chi connectivity index (χ4v) is 4.95. The molecule has 1 atom stereocenters. The van der Waals surface area contributed by atoms with E-state index in [1.807, 2.05) is 27.0 Å². The number of aromatic nitrogens is 3. The number of phenolic OH excluding ortho intramolecular Hbond substituents is 1. The van der Waals surface area contributed by atoms with E-state index in [0.717, 1.165) is 74.2 Å². The van der Waals surface area contributed by atoms with E-state index in [2.05, 4.69) is 16.0 Å². The molecular weight excluding hydrogens is 428 g/mol. The van der Waals surface area contributed by atoms with Gasteiger partial charge in [0.15, 0.2) is 11.5 Å². The number of piperazine rings is 1. The Bertz CT molecular complexity index is 1120. The normalized spacial score (nSPS) is 19.5. The van der Waals surface area contributed by atoms with Gasteiger partial charge in [-0.05, 0) is 12.1 Å². The van der Waals surface area contributed by atoms with Gasteiger partial charge in [0.2, 0.25) is 0 Å². The van der Waals surface area contributed by atoms with Gasteiger partial charge >= 0.3 is 0 Å². The number of benzene rings is 1. The highest BCUT2D eigenvalue weighted by atomic mass is 32.2. The van der Waals surface area contributed by atoms with Crippen LogP contribution in [0.3, 0.4) is 0 Å². The maximum Gasteiger partial charge on any atom is 0.180 e. The summed E-state index contributed by atoms with van der Waals surface area (Å²) in [7, 11) is -0.909. The minimum absolute atomic E-state index is 0.218. The molecule has 0 saturated carbocycles. The molecule has 1 N–H and O–H groups in total. The van der Waals surface area contributed by atoms with Crippen molar-refractivity contribution in [1.82, 2.24) is 23.6 Å². The first kappa shape index (κ1) is 21.3. The Morgan fingerprint density at radius 2 is 1.84 bits per heavy atom. The first-order chi connectivity index (χ1) is 15.6. The number of rotatable bonds is 5. The number of imidazole rings is 1. The molecule has 0 aliphatic carbocycles. The SMILES string of the molecule is CS(=O)N1CCN(Cc2cn3cc(-c4cccc(O)c4)nc(N4CCOCC4)c3n2)CC1. The van der Waals surface area contributed by atoms with E-state index in [4.69, 9.17) is 14.7 Å². The van der Waals surface area contributed by atoms with Crippen molar-refractivity contribution in [2.45, 2.75) is 6.54 Å². The third-order valence-corrected chi connectivity index (χ3v) is 7.10. The topological polar surface area (TPSA) is 86.4 Å². The summed E-state index contributed by atoms with van der Waals surface area (Å²) in [6.07, 6.45) is 5.78. The standard InChI is InChI=1S/C22H28N6O3S/c1-32(30)28-7-5-25(6-8-28)14-18-15-27-16-20(17-3-2-4-19(29)13-17)24-22(21(27)23-18)26-9-11-31-12-10-26/h2-4,13,15-16,29H,5-12,14H2,1H3. The van der Waals surface area contributed by atoms with Crippen molar-refractivity contribution in [3.8, 4) is 17.0 Å².